The van der Waals surface area contributed by atoms with Crippen molar-refractivity contribution in [3.8, 4) is 17.6 Å². The summed E-state index contributed by atoms with van der Waals surface area (Å²) < 4.78 is 10.5. The van der Waals surface area contributed by atoms with Crippen LogP contribution in [0.3, 0.4) is 0 Å². The van der Waals surface area contributed by atoms with E-state index in [9.17, 15) is 5.26 Å². The first-order valence-corrected chi connectivity index (χ1v) is 5.89. The van der Waals surface area contributed by atoms with E-state index in [1.807, 2.05) is 18.2 Å². The monoisotopic (exact) mass is 231 g/mol. The molecule has 3 heteroatoms. The molecular weight excluding hydrogens is 214 g/mol. The van der Waals surface area contributed by atoms with E-state index in [1.54, 1.807) is 14.2 Å². The lowest BCUT2D eigenvalue weighted by molar-refractivity contribution is 0.353. The van der Waals surface area contributed by atoms with Crippen molar-refractivity contribution in [1.29, 1.82) is 5.26 Å². The van der Waals surface area contributed by atoms with Crippen molar-refractivity contribution >= 4 is 0 Å². The van der Waals surface area contributed by atoms with Gasteiger partial charge in [0.05, 0.1) is 25.7 Å². The second kappa shape index (κ2) is 4.67. The van der Waals surface area contributed by atoms with Gasteiger partial charge >= 0.3 is 0 Å². The molecule has 0 radical (unpaired) electrons. The fraction of sp³-hybridized carbons (Fsp3) is 0.500. The van der Waals surface area contributed by atoms with Crippen LogP contribution in [-0.4, -0.2) is 14.2 Å². The number of methoxy groups -OCH3 is 2. The van der Waals surface area contributed by atoms with Gasteiger partial charge in [0.1, 0.15) is 0 Å². The highest BCUT2D eigenvalue weighted by Crippen LogP contribution is 2.43. The SMILES string of the molecule is COc1ccc(C2(C#N)CCCC2)cc1OC. The van der Waals surface area contributed by atoms with Gasteiger partial charge in [-0.05, 0) is 30.5 Å². The summed E-state index contributed by atoms with van der Waals surface area (Å²) in [7, 11) is 3.24. The van der Waals surface area contributed by atoms with E-state index in [0.29, 0.717) is 11.5 Å². The molecule has 1 aliphatic rings. The summed E-state index contributed by atoms with van der Waals surface area (Å²) in [5, 5.41) is 9.44. The predicted octanol–water partition coefficient (Wildman–Crippen LogP) is 3.04. The van der Waals surface area contributed by atoms with Crippen molar-refractivity contribution < 1.29 is 9.47 Å². The van der Waals surface area contributed by atoms with Crippen molar-refractivity contribution in [3.63, 3.8) is 0 Å². The fourth-order valence-electron chi connectivity index (χ4n) is 2.58. The smallest absolute Gasteiger partial charge is 0.161 e. The van der Waals surface area contributed by atoms with Gasteiger partial charge in [0.25, 0.3) is 0 Å². The molecule has 1 aromatic carbocycles. The maximum Gasteiger partial charge on any atom is 0.161 e. The molecule has 90 valence electrons. The number of ether oxygens (including phenoxy) is 2. The van der Waals surface area contributed by atoms with Crippen LogP contribution in [0.25, 0.3) is 0 Å². The molecule has 1 aromatic rings. The van der Waals surface area contributed by atoms with Crippen LogP contribution >= 0.6 is 0 Å². The zero-order chi connectivity index (χ0) is 12.3. The zero-order valence-corrected chi connectivity index (χ0v) is 10.3. The molecule has 1 aliphatic carbocycles. The number of nitrogens with zero attached hydrogens (tertiary/aromatic N) is 1. The Morgan fingerprint density at radius 3 is 2.29 bits per heavy atom. The fourth-order valence-corrected chi connectivity index (χ4v) is 2.58. The van der Waals surface area contributed by atoms with Gasteiger partial charge in [0.2, 0.25) is 0 Å². The molecule has 0 spiro atoms. The maximum atomic E-state index is 9.44. The first-order valence-electron chi connectivity index (χ1n) is 5.89. The second-order valence-electron chi connectivity index (χ2n) is 4.47. The van der Waals surface area contributed by atoms with Crippen LogP contribution in [0.5, 0.6) is 11.5 Å². The Hall–Kier alpha value is -1.69. The van der Waals surface area contributed by atoms with Gasteiger partial charge in [-0.2, -0.15) is 5.26 Å². The average Bonchev–Trinajstić information content (AvgIpc) is 2.88. The molecule has 2 rings (SSSR count). The molecule has 1 fully saturated rings. The van der Waals surface area contributed by atoms with Gasteiger partial charge in [-0.1, -0.05) is 18.9 Å². The Balaban J connectivity index is 2.42. The Morgan fingerprint density at radius 1 is 1.12 bits per heavy atom. The summed E-state index contributed by atoms with van der Waals surface area (Å²) >= 11 is 0. The van der Waals surface area contributed by atoms with Gasteiger partial charge in [0.15, 0.2) is 11.5 Å². The highest BCUT2D eigenvalue weighted by molar-refractivity contribution is 5.47. The van der Waals surface area contributed by atoms with Crippen molar-refractivity contribution in [3.05, 3.63) is 23.8 Å². The number of benzene rings is 1. The van der Waals surface area contributed by atoms with Crippen molar-refractivity contribution in [2.75, 3.05) is 14.2 Å². The van der Waals surface area contributed by atoms with Crippen molar-refractivity contribution in [2.45, 2.75) is 31.1 Å². The average molecular weight is 231 g/mol. The predicted molar refractivity (Wildman–Crippen MR) is 65.3 cm³/mol. The molecule has 0 unspecified atom stereocenters. The van der Waals surface area contributed by atoms with Crippen molar-refractivity contribution in [2.24, 2.45) is 0 Å². The zero-order valence-electron chi connectivity index (χ0n) is 10.3. The van der Waals surface area contributed by atoms with Gasteiger partial charge in [-0.3, -0.25) is 0 Å². The molecule has 0 aromatic heterocycles. The summed E-state index contributed by atoms with van der Waals surface area (Å²) in [4.78, 5) is 0. The van der Waals surface area contributed by atoms with Gasteiger partial charge < -0.3 is 9.47 Å². The van der Waals surface area contributed by atoms with Crippen molar-refractivity contribution in [1.82, 2.24) is 0 Å². The molecule has 0 amide bonds. The Morgan fingerprint density at radius 2 is 1.76 bits per heavy atom. The quantitative estimate of drug-likeness (QED) is 0.803. The van der Waals surface area contributed by atoms with Crippen LogP contribution in [0.4, 0.5) is 0 Å². The van der Waals surface area contributed by atoms with Gasteiger partial charge in [-0.15, -0.1) is 0 Å². The molecule has 0 bridgehead atoms. The summed E-state index contributed by atoms with van der Waals surface area (Å²) in [5.74, 6) is 1.41. The minimum atomic E-state index is -0.320. The molecule has 0 saturated heterocycles. The maximum absolute atomic E-state index is 9.44. The third-order valence-corrected chi connectivity index (χ3v) is 3.61. The largest absolute Gasteiger partial charge is 0.493 e. The van der Waals surface area contributed by atoms with E-state index in [1.165, 1.54) is 0 Å². The van der Waals surface area contributed by atoms with E-state index in [0.717, 1.165) is 31.2 Å². The van der Waals surface area contributed by atoms with E-state index >= 15 is 0 Å². The van der Waals surface area contributed by atoms with Crippen LogP contribution in [0.1, 0.15) is 31.2 Å². The first kappa shape index (κ1) is 11.8. The highest BCUT2D eigenvalue weighted by atomic mass is 16.5. The summed E-state index contributed by atoms with van der Waals surface area (Å²) in [5.41, 5.74) is 0.731. The molecule has 3 nitrogen and oxygen atoms in total. The first-order chi connectivity index (χ1) is 8.25. The van der Waals surface area contributed by atoms with Crippen LogP contribution < -0.4 is 9.47 Å². The van der Waals surface area contributed by atoms with Crippen LogP contribution in [0.15, 0.2) is 18.2 Å². The van der Waals surface area contributed by atoms with Crippen LogP contribution in [0.2, 0.25) is 0 Å². The summed E-state index contributed by atoms with van der Waals surface area (Å²) in [6, 6.07) is 8.29. The third-order valence-electron chi connectivity index (χ3n) is 3.61. The molecule has 0 atom stereocenters. The molecular formula is C14H17NO2. The highest BCUT2D eigenvalue weighted by Gasteiger charge is 2.36. The van der Waals surface area contributed by atoms with Crippen LogP contribution in [0, 0.1) is 11.3 Å². The molecule has 0 heterocycles. The number of nitriles is 1. The second-order valence-corrected chi connectivity index (χ2v) is 4.47. The minimum Gasteiger partial charge on any atom is -0.493 e. The van der Waals surface area contributed by atoms with E-state index in [4.69, 9.17) is 9.47 Å². The minimum absolute atomic E-state index is 0.320. The lowest BCUT2D eigenvalue weighted by Crippen LogP contribution is -2.19. The third kappa shape index (κ3) is 1.95. The number of rotatable bonds is 3. The molecule has 0 aliphatic heterocycles. The lowest BCUT2D eigenvalue weighted by Gasteiger charge is -2.21. The van der Waals surface area contributed by atoms with E-state index < -0.39 is 0 Å². The van der Waals surface area contributed by atoms with E-state index in [-0.39, 0.29) is 5.41 Å². The molecule has 1 saturated carbocycles. The van der Waals surface area contributed by atoms with E-state index in [2.05, 4.69) is 6.07 Å². The summed E-state index contributed by atoms with van der Waals surface area (Å²) in [6.45, 7) is 0. The van der Waals surface area contributed by atoms with Gasteiger partial charge in [0, 0.05) is 0 Å². The Labute approximate surface area is 102 Å². The Bertz CT molecular complexity index is 442. The Kier molecular flexibility index (Phi) is 3.23. The van der Waals surface area contributed by atoms with Gasteiger partial charge in [-0.25, -0.2) is 0 Å². The lowest BCUT2D eigenvalue weighted by atomic mass is 9.80. The van der Waals surface area contributed by atoms with Crippen LogP contribution in [-0.2, 0) is 5.41 Å². The number of hydrogen-bond donors (Lipinski definition) is 0. The topological polar surface area (TPSA) is 42.2 Å². The molecule has 0 N–H and O–H groups in total. The standard InChI is InChI=1S/C14H17NO2/c1-16-12-6-5-11(9-13(12)17-2)14(10-15)7-3-4-8-14/h5-6,9H,3-4,7-8H2,1-2H3. The summed E-state index contributed by atoms with van der Waals surface area (Å²) in [6.07, 6.45) is 4.14. The number of hydrogen-bond acceptors (Lipinski definition) is 3. The molecule has 17 heavy (non-hydrogen) atoms. The normalized spacial score (nSPS) is 17.5.